The summed E-state index contributed by atoms with van der Waals surface area (Å²) in [7, 11) is 0. The van der Waals surface area contributed by atoms with Gasteiger partial charge in [-0.15, -0.1) is 0 Å². The summed E-state index contributed by atoms with van der Waals surface area (Å²) in [6.45, 7) is 3.63. The van der Waals surface area contributed by atoms with Gasteiger partial charge < -0.3 is 0 Å². The van der Waals surface area contributed by atoms with Crippen molar-refractivity contribution < 1.29 is 17.6 Å². The van der Waals surface area contributed by atoms with Crippen LogP contribution in [0.2, 0.25) is 0 Å². The zero-order valence-corrected chi connectivity index (χ0v) is 11.1. The Hall–Kier alpha value is -1.84. The van der Waals surface area contributed by atoms with Crippen molar-refractivity contribution in [2.75, 3.05) is 0 Å². The zero-order chi connectivity index (χ0) is 14.9. The molecule has 0 nitrogen and oxygen atoms in total. The van der Waals surface area contributed by atoms with Crippen molar-refractivity contribution in [3.8, 4) is 11.1 Å². The van der Waals surface area contributed by atoms with E-state index in [1.165, 1.54) is 18.2 Å². The van der Waals surface area contributed by atoms with Crippen LogP contribution in [0.15, 0.2) is 42.5 Å². The number of alkyl halides is 3. The van der Waals surface area contributed by atoms with Gasteiger partial charge in [0.15, 0.2) is 0 Å². The first-order chi connectivity index (χ1) is 9.30. The third-order valence-electron chi connectivity index (χ3n) is 3.13. The van der Waals surface area contributed by atoms with Crippen molar-refractivity contribution in [2.24, 2.45) is 0 Å². The van der Waals surface area contributed by atoms with Crippen molar-refractivity contribution in [1.29, 1.82) is 0 Å². The van der Waals surface area contributed by atoms with E-state index < -0.39 is 17.6 Å². The van der Waals surface area contributed by atoms with Gasteiger partial charge in [-0.3, -0.25) is 0 Å². The first-order valence-electron chi connectivity index (χ1n) is 6.26. The molecule has 0 saturated carbocycles. The summed E-state index contributed by atoms with van der Waals surface area (Å²) in [5.41, 5.74) is 0.593. The average Bonchev–Trinajstić information content (AvgIpc) is 2.37. The SMILES string of the molecule is CC(C)c1c(F)cccc1-c1cccc(C(F)(F)F)c1. The zero-order valence-electron chi connectivity index (χ0n) is 11.1. The molecule has 106 valence electrons. The van der Waals surface area contributed by atoms with Crippen LogP contribution in [0, 0.1) is 5.82 Å². The van der Waals surface area contributed by atoms with Gasteiger partial charge in [0, 0.05) is 0 Å². The van der Waals surface area contributed by atoms with Gasteiger partial charge in [-0.05, 0) is 40.8 Å². The van der Waals surface area contributed by atoms with E-state index >= 15 is 0 Å². The molecule has 20 heavy (non-hydrogen) atoms. The second-order valence-electron chi connectivity index (χ2n) is 4.93. The van der Waals surface area contributed by atoms with Crippen LogP contribution >= 0.6 is 0 Å². The normalized spacial score (nSPS) is 11.9. The molecular formula is C16H14F4. The quantitative estimate of drug-likeness (QED) is 0.626. The van der Waals surface area contributed by atoms with Crippen molar-refractivity contribution >= 4 is 0 Å². The molecule has 0 atom stereocenters. The minimum atomic E-state index is -4.40. The molecule has 0 aliphatic heterocycles. The highest BCUT2D eigenvalue weighted by atomic mass is 19.4. The molecule has 0 bridgehead atoms. The lowest BCUT2D eigenvalue weighted by atomic mass is 9.91. The Morgan fingerprint density at radius 2 is 1.60 bits per heavy atom. The monoisotopic (exact) mass is 282 g/mol. The summed E-state index contributed by atoms with van der Waals surface area (Å²) in [4.78, 5) is 0. The topological polar surface area (TPSA) is 0 Å². The van der Waals surface area contributed by atoms with Crippen molar-refractivity contribution in [2.45, 2.75) is 25.9 Å². The molecule has 2 aromatic carbocycles. The Bertz CT molecular complexity index is 612. The predicted molar refractivity (Wildman–Crippen MR) is 70.9 cm³/mol. The average molecular weight is 282 g/mol. The largest absolute Gasteiger partial charge is 0.416 e. The molecule has 2 aromatic rings. The highest BCUT2D eigenvalue weighted by molar-refractivity contribution is 5.69. The van der Waals surface area contributed by atoms with E-state index in [0.29, 0.717) is 16.7 Å². The van der Waals surface area contributed by atoms with Crippen LogP contribution in [0.25, 0.3) is 11.1 Å². The molecule has 0 fully saturated rings. The number of hydrogen-bond donors (Lipinski definition) is 0. The third-order valence-corrected chi connectivity index (χ3v) is 3.13. The van der Waals surface area contributed by atoms with Crippen LogP contribution in [-0.4, -0.2) is 0 Å². The number of benzene rings is 2. The van der Waals surface area contributed by atoms with Crippen molar-refractivity contribution in [1.82, 2.24) is 0 Å². The van der Waals surface area contributed by atoms with Crippen LogP contribution in [0.1, 0.15) is 30.9 Å². The minimum absolute atomic E-state index is 0.110. The van der Waals surface area contributed by atoms with Crippen LogP contribution in [0.3, 0.4) is 0 Å². The van der Waals surface area contributed by atoms with E-state index in [4.69, 9.17) is 0 Å². The predicted octanol–water partition coefficient (Wildman–Crippen LogP) is 5.63. The molecule has 0 aliphatic carbocycles. The summed E-state index contributed by atoms with van der Waals surface area (Å²) in [5, 5.41) is 0. The summed E-state index contributed by atoms with van der Waals surface area (Å²) in [6, 6.07) is 9.46. The third kappa shape index (κ3) is 2.84. The van der Waals surface area contributed by atoms with E-state index in [0.717, 1.165) is 12.1 Å². The Morgan fingerprint density at radius 3 is 2.20 bits per heavy atom. The van der Waals surface area contributed by atoms with Gasteiger partial charge in [0.25, 0.3) is 0 Å². The van der Waals surface area contributed by atoms with Crippen LogP contribution in [0.5, 0.6) is 0 Å². The van der Waals surface area contributed by atoms with Crippen molar-refractivity contribution in [3.05, 3.63) is 59.4 Å². The fourth-order valence-electron chi connectivity index (χ4n) is 2.24. The van der Waals surface area contributed by atoms with Crippen molar-refractivity contribution in [3.63, 3.8) is 0 Å². The molecule has 0 aromatic heterocycles. The summed E-state index contributed by atoms with van der Waals surface area (Å²) >= 11 is 0. The molecule has 0 saturated heterocycles. The molecule has 0 spiro atoms. The van der Waals surface area contributed by atoms with Gasteiger partial charge in [0.2, 0.25) is 0 Å². The van der Waals surface area contributed by atoms with Gasteiger partial charge >= 0.3 is 6.18 Å². The molecule has 4 heteroatoms. The minimum Gasteiger partial charge on any atom is -0.207 e. The van der Waals surface area contributed by atoms with Crippen LogP contribution < -0.4 is 0 Å². The summed E-state index contributed by atoms with van der Waals surface area (Å²) in [6.07, 6.45) is -4.40. The Labute approximate surface area is 115 Å². The van der Waals surface area contributed by atoms with E-state index in [1.54, 1.807) is 12.1 Å². The van der Waals surface area contributed by atoms with E-state index in [9.17, 15) is 17.6 Å². The van der Waals surface area contributed by atoms with Gasteiger partial charge in [0.1, 0.15) is 5.82 Å². The molecule has 0 amide bonds. The van der Waals surface area contributed by atoms with E-state index in [1.807, 2.05) is 13.8 Å². The number of rotatable bonds is 2. The lowest BCUT2D eigenvalue weighted by Crippen LogP contribution is -2.05. The maximum Gasteiger partial charge on any atom is 0.416 e. The van der Waals surface area contributed by atoms with Gasteiger partial charge in [-0.1, -0.05) is 38.1 Å². The summed E-state index contributed by atoms with van der Waals surface area (Å²) < 4.78 is 52.1. The fourth-order valence-corrected chi connectivity index (χ4v) is 2.24. The smallest absolute Gasteiger partial charge is 0.207 e. The number of halogens is 4. The highest BCUT2D eigenvalue weighted by Gasteiger charge is 2.30. The molecular weight excluding hydrogens is 268 g/mol. The molecule has 2 rings (SSSR count). The fraction of sp³-hybridized carbons (Fsp3) is 0.250. The summed E-state index contributed by atoms with van der Waals surface area (Å²) in [5.74, 6) is -0.504. The van der Waals surface area contributed by atoms with E-state index in [2.05, 4.69) is 0 Å². The Kier molecular flexibility index (Phi) is 3.84. The first kappa shape index (κ1) is 14.6. The van der Waals surface area contributed by atoms with Gasteiger partial charge in [-0.25, -0.2) is 4.39 Å². The van der Waals surface area contributed by atoms with Gasteiger partial charge in [-0.2, -0.15) is 13.2 Å². The Balaban J connectivity index is 2.61. The maximum absolute atomic E-state index is 13.9. The number of hydrogen-bond acceptors (Lipinski definition) is 0. The Morgan fingerprint density at radius 1 is 0.950 bits per heavy atom. The standard InChI is InChI=1S/C16H14F4/c1-10(2)15-13(7-4-8-14(15)17)11-5-3-6-12(9-11)16(18,19)20/h3-10H,1-2H3. The first-order valence-corrected chi connectivity index (χ1v) is 6.26. The van der Waals surface area contributed by atoms with Crippen LogP contribution in [-0.2, 0) is 6.18 Å². The second kappa shape index (κ2) is 5.27. The highest BCUT2D eigenvalue weighted by Crippen LogP contribution is 2.35. The molecule has 0 unspecified atom stereocenters. The lowest BCUT2D eigenvalue weighted by molar-refractivity contribution is -0.137. The van der Waals surface area contributed by atoms with Gasteiger partial charge in [0.05, 0.1) is 5.56 Å². The molecule has 0 N–H and O–H groups in total. The maximum atomic E-state index is 13.9. The molecule has 0 aliphatic rings. The molecule has 0 heterocycles. The lowest BCUT2D eigenvalue weighted by Gasteiger charge is -2.15. The van der Waals surface area contributed by atoms with E-state index in [-0.39, 0.29) is 5.92 Å². The second-order valence-corrected chi connectivity index (χ2v) is 4.93. The van der Waals surface area contributed by atoms with Crippen LogP contribution in [0.4, 0.5) is 17.6 Å². The molecule has 0 radical (unpaired) electrons.